The SMILES string of the molecule is CCCCCCCCc1c(C)sc2c(CCCCCCCC)c(-c3sc(C)c4c3C(=O)N(CCCCCCCC)C4)sc12. The van der Waals surface area contributed by atoms with E-state index in [2.05, 4.69) is 39.5 Å². The topological polar surface area (TPSA) is 20.3 Å². The lowest BCUT2D eigenvalue weighted by molar-refractivity contribution is 0.0776. The van der Waals surface area contributed by atoms with Gasteiger partial charge in [0.05, 0.1) is 15.3 Å². The number of amides is 1. The summed E-state index contributed by atoms with van der Waals surface area (Å²) in [6.45, 7) is 13.2. The summed E-state index contributed by atoms with van der Waals surface area (Å²) in [4.78, 5) is 21.7. The van der Waals surface area contributed by atoms with Crippen LogP contribution in [0.3, 0.4) is 0 Å². The van der Waals surface area contributed by atoms with Crippen LogP contribution in [0.5, 0.6) is 0 Å². The van der Waals surface area contributed by atoms with Crippen molar-refractivity contribution in [3.63, 3.8) is 0 Å². The van der Waals surface area contributed by atoms with E-state index in [0.29, 0.717) is 5.91 Å². The first-order chi connectivity index (χ1) is 21.0. The molecule has 240 valence electrons. The smallest absolute Gasteiger partial charge is 0.256 e. The normalized spacial score (nSPS) is 13.2. The van der Waals surface area contributed by atoms with Crippen molar-refractivity contribution in [2.75, 3.05) is 6.54 Å². The van der Waals surface area contributed by atoms with Gasteiger partial charge in [0, 0.05) is 32.2 Å². The van der Waals surface area contributed by atoms with Crippen molar-refractivity contribution in [3.05, 3.63) is 32.0 Å². The minimum atomic E-state index is 0.300. The van der Waals surface area contributed by atoms with Gasteiger partial charge in [-0.25, -0.2) is 0 Å². The Morgan fingerprint density at radius 1 is 0.558 bits per heavy atom. The lowest BCUT2D eigenvalue weighted by Gasteiger charge is -2.16. The van der Waals surface area contributed by atoms with Crippen LogP contribution in [0.4, 0.5) is 0 Å². The maximum absolute atomic E-state index is 13.9. The van der Waals surface area contributed by atoms with Crippen molar-refractivity contribution in [1.29, 1.82) is 0 Å². The molecule has 0 saturated heterocycles. The van der Waals surface area contributed by atoms with Gasteiger partial charge in [0.25, 0.3) is 5.91 Å². The summed E-state index contributed by atoms with van der Waals surface area (Å²) >= 11 is 5.98. The third-order valence-electron chi connectivity index (χ3n) is 9.52. The van der Waals surface area contributed by atoms with Gasteiger partial charge >= 0.3 is 0 Å². The van der Waals surface area contributed by atoms with Crippen molar-refractivity contribution in [2.45, 2.75) is 170 Å². The molecule has 0 unspecified atom stereocenters. The molecule has 1 aliphatic heterocycles. The maximum atomic E-state index is 13.9. The minimum absolute atomic E-state index is 0.300. The molecule has 0 spiro atoms. The highest BCUT2D eigenvalue weighted by atomic mass is 32.1. The number of aryl methyl sites for hydroxylation is 4. The summed E-state index contributed by atoms with van der Waals surface area (Å²) < 4.78 is 3.09. The number of thiophene rings is 3. The summed E-state index contributed by atoms with van der Waals surface area (Å²) in [6.07, 6.45) is 26.0. The molecule has 2 nitrogen and oxygen atoms in total. The monoisotopic (exact) mass is 641 g/mol. The van der Waals surface area contributed by atoms with Crippen LogP contribution in [0.25, 0.3) is 19.2 Å². The summed E-state index contributed by atoms with van der Waals surface area (Å²) in [5.74, 6) is 0.300. The van der Waals surface area contributed by atoms with Crippen molar-refractivity contribution in [1.82, 2.24) is 4.90 Å². The molecule has 0 fully saturated rings. The highest BCUT2D eigenvalue weighted by Crippen LogP contribution is 2.51. The zero-order valence-electron chi connectivity index (χ0n) is 28.1. The molecule has 0 N–H and O–H groups in total. The Morgan fingerprint density at radius 2 is 1.07 bits per heavy atom. The van der Waals surface area contributed by atoms with Gasteiger partial charge < -0.3 is 4.90 Å². The van der Waals surface area contributed by atoms with E-state index in [1.54, 1.807) is 20.5 Å². The molecule has 5 heteroatoms. The number of hydrogen-bond acceptors (Lipinski definition) is 4. The van der Waals surface area contributed by atoms with E-state index in [0.717, 1.165) is 31.5 Å². The summed E-state index contributed by atoms with van der Waals surface area (Å²) in [6, 6.07) is 0. The third kappa shape index (κ3) is 8.97. The van der Waals surface area contributed by atoms with E-state index in [-0.39, 0.29) is 0 Å². The zero-order chi connectivity index (χ0) is 30.6. The van der Waals surface area contributed by atoms with Crippen molar-refractivity contribution < 1.29 is 4.79 Å². The van der Waals surface area contributed by atoms with Crippen LogP contribution in [-0.4, -0.2) is 17.4 Å². The molecule has 0 saturated carbocycles. The highest BCUT2D eigenvalue weighted by Gasteiger charge is 2.35. The molecule has 0 bridgehead atoms. The lowest BCUT2D eigenvalue weighted by atomic mass is 10.0. The van der Waals surface area contributed by atoms with E-state index < -0.39 is 0 Å². The standard InChI is InChI=1S/C38H59NOS3/c1-6-9-12-15-18-21-24-30-28(4)41-35-31(25-22-19-16-13-10-7-2)36(43-34(30)35)37-33-32(29(5)42-37)27-39(38(33)40)26-23-20-17-14-11-8-3/h6-27H2,1-5H3. The Kier molecular flexibility index (Phi) is 14.6. The minimum Gasteiger partial charge on any atom is -0.334 e. The van der Waals surface area contributed by atoms with Gasteiger partial charge in [0.2, 0.25) is 0 Å². The fourth-order valence-electron chi connectivity index (χ4n) is 6.84. The first-order valence-electron chi connectivity index (χ1n) is 18.0. The molecule has 0 aromatic carbocycles. The molecule has 1 aliphatic rings. The van der Waals surface area contributed by atoms with Gasteiger partial charge in [-0.15, -0.1) is 34.0 Å². The molecule has 4 rings (SSSR count). The number of rotatable bonds is 22. The molecular weight excluding hydrogens is 583 g/mol. The Bertz CT molecular complexity index is 1280. The number of fused-ring (bicyclic) bond motifs is 2. The predicted molar refractivity (Wildman–Crippen MR) is 195 cm³/mol. The van der Waals surface area contributed by atoms with E-state index in [1.165, 1.54) is 141 Å². The summed E-state index contributed by atoms with van der Waals surface area (Å²) in [5, 5.41) is 0. The lowest BCUT2D eigenvalue weighted by Crippen LogP contribution is -2.25. The van der Waals surface area contributed by atoms with Crippen LogP contribution in [0.2, 0.25) is 0 Å². The van der Waals surface area contributed by atoms with Crippen molar-refractivity contribution in [3.8, 4) is 9.75 Å². The Balaban J connectivity index is 1.56. The van der Waals surface area contributed by atoms with Crippen LogP contribution in [-0.2, 0) is 19.4 Å². The van der Waals surface area contributed by atoms with Crippen LogP contribution in [0.15, 0.2) is 0 Å². The number of nitrogens with zero attached hydrogens (tertiary/aromatic N) is 1. The van der Waals surface area contributed by atoms with Crippen molar-refractivity contribution >= 4 is 49.3 Å². The molecule has 0 atom stereocenters. The predicted octanol–water partition coefficient (Wildman–Crippen LogP) is 13.4. The Hall–Kier alpha value is -1.17. The first kappa shape index (κ1) is 34.7. The van der Waals surface area contributed by atoms with Crippen LogP contribution in [0.1, 0.15) is 173 Å². The van der Waals surface area contributed by atoms with Gasteiger partial charge in [-0.3, -0.25) is 4.79 Å². The van der Waals surface area contributed by atoms with Gasteiger partial charge in [-0.1, -0.05) is 117 Å². The largest absolute Gasteiger partial charge is 0.334 e. The van der Waals surface area contributed by atoms with Gasteiger partial charge in [-0.05, 0) is 62.6 Å². The van der Waals surface area contributed by atoms with Crippen LogP contribution in [0, 0.1) is 13.8 Å². The molecule has 43 heavy (non-hydrogen) atoms. The number of carbonyl (C=O) groups excluding carboxylic acids is 1. The first-order valence-corrected chi connectivity index (χ1v) is 20.4. The average Bonchev–Trinajstić information content (AvgIpc) is 3.70. The molecule has 3 aromatic heterocycles. The van der Waals surface area contributed by atoms with Gasteiger partial charge in [-0.2, -0.15) is 0 Å². The quantitative estimate of drug-likeness (QED) is 0.1000. The second-order valence-corrected chi connectivity index (χ2v) is 16.5. The van der Waals surface area contributed by atoms with Gasteiger partial charge in [0.15, 0.2) is 0 Å². The molecule has 1 amide bonds. The molecular formula is C38H59NOS3. The fraction of sp³-hybridized carbons (Fsp3) is 0.711. The molecule has 0 aliphatic carbocycles. The molecule has 3 aromatic rings. The molecule has 4 heterocycles. The third-order valence-corrected chi connectivity index (χ3v) is 13.5. The highest BCUT2D eigenvalue weighted by molar-refractivity contribution is 7.32. The van der Waals surface area contributed by atoms with E-state index in [4.69, 9.17) is 0 Å². The summed E-state index contributed by atoms with van der Waals surface area (Å²) in [5.41, 5.74) is 5.54. The maximum Gasteiger partial charge on any atom is 0.256 e. The fourth-order valence-corrected chi connectivity index (χ4v) is 11.1. The Labute approximate surface area is 275 Å². The van der Waals surface area contributed by atoms with Crippen molar-refractivity contribution in [2.24, 2.45) is 0 Å². The second-order valence-electron chi connectivity index (χ2n) is 13.1. The van der Waals surface area contributed by atoms with E-state index in [9.17, 15) is 4.79 Å². The molecule has 0 radical (unpaired) electrons. The number of unbranched alkanes of at least 4 members (excludes halogenated alkanes) is 15. The number of carbonyl (C=O) groups is 1. The van der Waals surface area contributed by atoms with Gasteiger partial charge in [0.1, 0.15) is 0 Å². The summed E-state index contributed by atoms with van der Waals surface area (Å²) in [7, 11) is 0. The Morgan fingerprint density at radius 3 is 1.67 bits per heavy atom. The zero-order valence-corrected chi connectivity index (χ0v) is 30.6. The van der Waals surface area contributed by atoms with E-state index in [1.807, 2.05) is 34.0 Å². The van der Waals surface area contributed by atoms with Crippen LogP contribution < -0.4 is 0 Å². The average molecular weight is 642 g/mol. The second kappa shape index (κ2) is 18.1. The number of hydrogen-bond donors (Lipinski definition) is 0. The van der Waals surface area contributed by atoms with Crippen LogP contribution >= 0.6 is 34.0 Å². The van der Waals surface area contributed by atoms with E-state index >= 15 is 0 Å².